The van der Waals surface area contributed by atoms with Crippen LogP contribution in [0, 0.1) is 17.3 Å². The number of hydrogen-bond donors (Lipinski definition) is 2. The molecule has 0 saturated carbocycles. The minimum Gasteiger partial charge on any atom is -0.480 e. The number of hydrogen-bond acceptors (Lipinski definition) is 3. The van der Waals surface area contributed by atoms with E-state index in [-0.39, 0.29) is 11.8 Å². The predicted molar refractivity (Wildman–Crippen MR) is 72.6 cm³/mol. The second-order valence-electron chi connectivity index (χ2n) is 6.29. The van der Waals surface area contributed by atoms with Crippen molar-refractivity contribution in [2.75, 3.05) is 0 Å². The van der Waals surface area contributed by atoms with Crippen molar-refractivity contribution in [1.82, 2.24) is 5.32 Å². The average molecular weight is 269 g/mol. The highest BCUT2D eigenvalue weighted by atomic mass is 16.6. The molecule has 108 valence electrons. The molecule has 0 radical (unpaired) electrons. The number of alkyl carbamates (subject to hydrolysis) is 1. The minimum atomic E-state index is -1.13. The van der Waals surface area contributed by atoms with E-state index in [1.807, 2.05) is 20.8 Å². The van der Waals surface area contributed by atoms with Crippen LogP contribution >= 0.6 is 0 Å². The van der Waals surface area contributed by atoms with E-state index < -0.39 is 23.7 Å². The number of nitrogens with one attached hydrogen (secondary N) is 1. The van der Waals surface area contributed by atoms with Crippen LogP contribution < -0.4 is 5.32 Å². The molecule has 0 aliphatic heterocycles. The topological polar surface area (TPSA) is 75.6 Å². The monoisotopic (exact) mass is 269 g/mol. The predicted octanol–water partition coefficient (Wildman–Crippen LogP) is 2.40. The largest absolute Gasteiger partial charge is 0.480 e. The third kappa shape index (κ3) is 9.95. The van der Waals surface area contributed by atoms with E-state index in [1.165, 1.54) is 0 Å². The first kappa shape index (κ1) is 17.3. The Bertz CT molecular complexity index is 390. The van der Waals surface area contributed by atoms with E-state index in [4.69, 9.17) is 9.84 Å². The zero-order valence-electron chi connectivity index (χ0n) is 12.5. The summed E-state index contributed by atoms with van der Waals surface area (Å²) in [4.78, 5) is 22.5. The summed E-state index contributed by atoms with van der Waals surface area (Å²) in [7, 11) is 0. The molecule has 0 fully saturated rings. The SMILES string of the molecule is CC(C)(C)C#CCC(NC(=O)OC(C)(C)C)C(=O)O. The molecular weight excluding hydrogens is 246 g/mol. The molecule has 0 bridgehead atoms. The Hall–Kier alpha value is -1.70. The first-order chi connectivity index (χ1) is 8.41. The van der Waals surface area contributed by atoms with Crippen LogP contribution in [0.1, 0.15) is 48.0 Å². The number of amides is 1. The summed E-state index contributed by atoms with van der Waals surface area (Å²) in [5.74, 6) is 4.57. The van der Waals surface area contributed by atoms with Crippen LogP contribution in [0.25, 0.3) is 0 Å². The number of carboxylic acids is 1. The fourth-order valence-corrected chi connectivity index (χ4v) is 1.07. The Morgan fingerprint density at radius 1 is 1.21 bits per heavy atom. The van der Waals surface area contributed by atoms with Gasteiger partial charge in [0.1, 0.15) is 11.6 Å². The Morgan fingerprint density at radius 2 is 1.74 bits per heavy atom. The van der Waals surface area contributed by atoms with E-state index in [0.29, 0.717) is 0 Å². The Labute approximate surface area is 114 Å². The quantitative estimate of drug-likeness (QED) is 0.771. The van der Waals surface area contributed by atoms with Crippen molar-refractivity contribution in [2.24, 2.45) is 5.41 Å². The van der Waals surface area contributed by atoms with Gasteiger partial charge in [0.05, 0.1) is 0 Å². The fourth-order valence-electron chi connectivity index (χ4n) is 1.07. The highest BCUT2D eigenvalue weighted by Crippen LogP contribution is 2.10. The third-order valence-corrected chi connectivity index (χ3v) is 1.76. The highest BCUT2D eigenvalue weighted by molar-refractivity contribution is 5.80. The summed E-state index contributed by atoms with van der Waals surface area (Å²) in [5.41, 5.74) is -0.862. The smallest absolute Gasteiger partial charge is 0.408 e. The van der Waals surface area contributed by atoms with E-state index in [9.17, 15) is 9.59 Å². The van der Waals surface area contributed by atoms with Crippen molar-refractivity contribution in [2.45, 2.75) is 59.6 Å². The van der Waals surface area contributed by atoms with Gasteiger partial charge in [-0.2, -0.15) is 0 Å². The van der Waals surface area contributed by atoms with Crippen molar-refractivity contribution in [3.05, 3.63) is 0 Å². The van der Waals surface area contributed by atoms with Gasteiger partial charge in [-0.25, -0.2) is 9.59 Å². The molecule has 5 heteroatoms. The van der Waals surface area contributed by atoms with Gasteiger partial charge in [0.25, 0.3) is 0 Å². The lowest BCUT2D eigenvalue weighted by atomic mass is 9.97. The highest BCUT2D eigenvalue weighted by Gasteiger charge is 2.23. The molecule has 0 rings (SSSR count). The fraction of sp³-hybridized carbons (Fsp3) is 0.714. The molecule has 0 spiro atoms. The van der Waals surface area contributed by atoms with Gasteiger partial charge in [-0.1, -0.05) is 11.8 Å². The van der Waals surface area contributed by atoms with Gasteiger partial charge in [0.2, 0.25) is 0 Å². The summed E-state index contributed by atoms with van der Waals surface area (Å²) in [5, 5.41) is 11.3. The molecule has 5 nitrogen and oxygen atoms in total. The van der Waals surface area contributed by atoms with Gasteiger partial charge in [-0.05, 0) is 41.5 Å². The maximum atomic E-state index is 11.5. The number of carboxylic acid groups (broad SMARTS) is 1. The van der Waals surface area contributed by atoms with Crippen LogP contribution in [0.5, 0.6) is 0 Å². The van der Waals surface area contributed by atoms with Crippen molar-refractivity contribution >= 4 is 12.1 Å². The van der Waals surface area contributed by atoms with Crippen LogP contribution in [-0.4, -0.2) is 28.8 Å². The molecule has 0 aromatic carbocycles. The minimum absolute atomic E-state index is 0.0475. The van der Waals surface area contributed by atoms with E-state index in [0.717, 1.165) is 0 Å². The molecule has 1 amide bonds. The molecule has 19 heavy (non-hydrogen) atoms. The summed E-state index contributed by atoms with van der Waals surface area (Å²) in [6.07, 6.45) is -0.705. The van der Waals surface area contributed by atoms with Gasteiger partial charge >= 0.3 is 12.1 Å². The molecular formula is C14H23NO4. The number of aliphatic carboxylic acids is 1. The van der Waals surface area contributed by atoms with Crippen molar-refractivity contribution < 1.29 is 19.4 Å². The lowest BCUT2D eigenvalue weighted by molar-refractivity contribution is -0.139. The number of carbonyl (C=O) groups excluding carboxylic acids is 1. The molecule has 1 unspecified atom stereocenters. The van der Waals surface area contributed by atoms with Crippen LogP contribution in [0.2, 0.25) is 0 Å². The van der Waals surface area contributed by atoms with Gasteiger partial charge in [0.15, 0.2) is 0 Å². The molecule has 0 heterocycles. The van der Waals surface area contributed by atoms with Gasteiger partial charge in [-0.3, -0.25) is 0 Å². The maximum Gasteiger partial charge on any atom is 0.408 e. The van der Waals surface area contributed by atoms with Gasteiger partial charge in [-0.15, -0.1) is 0 Å². The third-order valence-electron chi connectivity index (χ3n) is 1.76. The summed E-state index contributed by atoms with van der Waals surface area (Å²) in [6, 6.07) is -1.07. The lowest BCUT2D eigenvalue weighted by Gasteiger charge is -2.21. The Morgan fingerprint density at radius 3 is 2.11 bits per heavy atom. The molecule has 0 saturated heterocycles. The Balaban J connectivity index is 4.55. The first-order valence-corrected chi connectivity index (χ1v) is 6.13. The van der Waals surface area contributed by atoms with Crippen LogP contribution in [0.15, 0.2) is 0 Å². The zero-order chi connectivity index (χ0) is 15.3. The normalized spacial score (nSPS) is 12.9. The van der Waals surface area contributed by atoms with Gasteiger partial charge < -0.3 is 15.2 Å². The Kier molecular flexibility index (Phi) is 5.88. The lowest BCUT2D eigenvalue weighted by Crippen LogP contribution is -2.43. The summed E-state index contributed by atoms with van der Waals surface area (Å²) < 4.78 is 5.00. The van der Waals surface area contributed by atoms with E-state index >= 15 is 0 Å². The number of rotatable bonds is 3. The number of ether oxygens (including phenoxy) is 1. The molecule has 2 N–H and O–H groups in total. The molecule has 0 aliphatic rings. The molecule has 0 aromatic heterocycles. The zero-order valence-corrected chi connectivity index (χ0v) is 12.5. The second kappa shape index (κ2) is 6.46. The summed E-state index contributed by atoms with van der Waals surface area (Å²) in [6.45, 7) is 10.9. The molecule has 1 atom stereocenters. The molecule has 0 aromatic rings. The maximum absolute atomic E-state index is 11.5. The van der Waals surface area contributed by atoms with E-state index in [2.05, 4.69) is 17.2 Å². The van der Waals surface area contributed by atoms with E-state index in [1.54, 1.807) is 20.8 Å². The first-order valence-electron chi connectivity index (χ1n) is 6.13. The van der Waals surface area contributed by atoms with Crippen molar-refractivity contribution in [3.8, 4) is 11.8 Å². The van der Waals surface area contributed by atoms with Crippen LogP contribution in [-0.2, 0) is 9.53 Å². The summed E-state index contributed by atoms with van der Waals surface area (Å²) >= 11 is 0. The van der Waals surface area contributed by atoms with Crippen molar-refractivity contribution in [1.29, 1.82) is 0 Å². The standard InChI is InChI=1S/C14H23NO4/c1-13(2,3)9-7-8-10(11(16)17)15-12(18)19-14(4,5)6/h10H,8H2,1-6H3,(H,15,18)(H,16,17). The van der Waals surface area contributed by atoms with Crippen molar-refractivity contribution in [3.63, 3.8) is 0 Å². The average Bonchev–Trinajstić information content (AvgIpc) is 2.10. The number of carbonyl (C=O) groups is 2. The van der Waals surface area contributed by atoms with Crippen LogP contribution in [0.4, 0.5) is 4.79 Å². The van der Waals surface area contributed by atoms with Crippen LogP contribution in [0.3, 0.4) is 0 Å². The second-order valence-corrected chi connectivity index (χ2v) is 6.29. The molecule has 0 aliphatic carbocycles. The van der Waals surface area contributed by atoms with Gasteiger partial charge in [0, 0.05) is 11.8 Å².